The fourth-order valence-electron chi connectivity index (χ4n) is 6.28. The molecule has 0 spiro atoms. The third kappa shape index (κ3) is 5.15. The van der Waals surface area contributed by atoms with Gasteiger partial charge in [0.15, 0.2) is 0 Å². The number of amides is 1. The van der Waals surface area contributed by atoms with Crippen LogP contribution in [0.5, 0.6) is 0 Å². The number of nitrogens with two attached hydrogens (primary N) is 1. The topological polar surface area (TPSA) is 107 Å². The lowest BCUT2D eigenvalue weighted by atomic mass is 9.81. The minimum Gasteiger partial charge on any atom is -0.382 e. The van der Waals surface area contributed by atoms with Gasteiger partial charge in [-0.1, -0.05) is 48.5 Å². The molecule has 5 aromatic rings. The Bertz CT molecular complexity index is 1700. The number of nitrogen functional groups attached to an aromatic ring is 1. The number of benzene rings is 2. The van der Waals surface area contributed by atoms with Crippen molar-refractivity contribution in [1.82, 2.24) is 24.7 Å². The number of carbonyl (C=O) groups is 1. The molecular weight excluding hydrogens is 512 g/mol. The number of pyridine rings is 1. The Balaban J connectivity index is 1.10. The quantitative estimate of drug-likeness (QED) is 0.286. The van der Waals surface area contributed by atoms with E-state index in [9.17, 15) is 4.79 Å². The van der Waals surface area contributed by atoms with Gasteiger partial charge in [-0.05, 0) is 50.2 Å². The lowest BCUT2D eigenvalue weighted by molar-refractivity contribution is -0.125. The fourth-order valence-corrected chi connectivity index (χ4v) is 6.28. The minimum atomic E-state index is 0.0141. The summed E-state index contributed by atoms with van der Waals surface area (Å²) in [4.78, 5) is 26.9. The van der Waals surface area contributed by atoms with Crippen molar-refractivity contribution in [3.05, 3.63) is 78.9 Å². The van der Waals surface area contributed by atoms with Crippen LogP contribution in [0.15, 0.2) is 73.1 Å². The average molecular weight is 547 g/mol. The molecule has 1 aliphatic carbocycles. The van der Waals surface area contributed by atoms with Gasteiger partial charge in [-0.15, -0.1) is 0 Å². The van der Waals surface area contributed by atoms with E-state index in [1.54, 1.807) is 0 Å². The average Bonchev–Trinajstić information content (AvgIpc) is 3.71. The van der Waals surface area contributed by atoms with Gasteiger partial charge in [0.25, 0.3) is 0 Å². The van der Waals surface area contributed by atoms with E-state index in [0.29, 0.717) is 30.9 Å². The number of hydrogen-bond donors (Lipinski definition) is 2. The molecule has 208 valence electrons. The molecule has 4 heterocycles. The number of carbonyl (C=O) groups excluding carboxylic acids is 1. The number of anilines is 1. The number of nitrogens with zero attached hydrogens (tertiary/aromatic N) is 4. The van der Waals surface area contributed by atoms with Gasteiger partial charge in [0.1, 0.15) is 17.2 Å². The molecule has 1 saturated carbocycles. The zero-order chi connectivity index (χ0) is 27.8. The van der Waals surface area contributed by atoms with E-state index in [4.69, 9.17) is 25.4 Å². The Labute approximate surface area is 239 Å². The van der Waals surface area contributed by atoms with Crippen LogP contribution in [0.4, 0.5) is 5.82 Å². The number of imidazole rings is 1. The smallest absolute Gasteiger partial charge is 0.225 e. The Morgan fingerprint density at radius 1 is 0.951 bits per heavy atom. The minimum absolute atomic E-state index is 0.0141. The summed E-state index contributed by atoms with van der Waals surface area (Å²) in [5.74, 6) is 2.50. The maximum atomic E-state index is 12.4. The van der Waals surface area contributed by atoms with Crippen molar-refractivity contribution < 1.29 is 9.53 Å². The second-order valence-electron chi connectivity index (χ2n) is 11.4. The van der Waals surface area contributed by atoms with Crippen LogP contribution in [-0.2, 0) is 9.53 Å². The highest BCUT2D eigenvalue weighted by Crippen LogP contribution is 2.36. The second-order valence-corrected chi connectivity index (χ2v) is 11.4. The largest absolute Gasteiger partial charge is 0.382 e. The first-order chi connectivity index (χ1) is 20.1. The van der Waals surface area contributed by atoms with E-state index >= 15 is 0 Å². The molecule has 1 amide bonds. The predicted molar refractivity (Wildman–Crippen MR) is 160 cm³/mol. The van der Waals surface area contributed by atoms with Gasteiger partial charge in [-0.25, -0.2) is 15.0 Å². The van der Waals surface area contributed by atoms with Crippen LogP contribution in [0.2, 0.25) is 0 Å². The molecule has 8 nitrogen and oxygen atoms in total. The first-order valence-corrected chi connectivity index (χ1v) is 14.6. The first kappa shape index (κ1) is 25.7. The molecule has 8 heteroatoms. The van der Waals surface area contributed by atoms with Gasteiger partial charge in [0.05, 0.1) is 35.6 Å². The Kier molecular flexibility index (Phi) is 6.84. The normalized spacial score (nSPS) is 20.9. The van der Waals surface area contributed by atoms with E-state index < -0.39 is 0 Å². The summed E-state index contributed by atoms with van der Waals surface area (Å²) in [5.41, 5.74) is 12.0. The standard InChI is InChI=1S/C33H34N6O2/c34-31-30-18-35-32(24-8-6-21(7-9-24)17-36-33(40)26-14-15-41-20-26)39(30)19-29(38-31)25-11-10-23-12-13-27(37-28(23)16-25)22-4-2-1-3-5-22/h1-5,10-13,16,18-19,21,24,26H,6-9,14-15,17,20H2,(H2,34,38)(H,36,40)/t21-,24-,26?. The van der Waals surface area contributed by atoms with Crippen molar-refractivity contribution in [2.75, 3.05) is 25.5 Å². The van der Waals surface area contributed by atoms with E-state index in [0.717, 1.165) is 83.4 Å². The zero-order valence-electron chi connectivity index (χ0n) is 23.0. The molecule has 3 aromatic heterocycles. The van der Waals surface area contributed by atoms with Crippen molar-refractivity contribution in [2.24, 2.45) is 11.8 Å². The Morgan fingerprint density at radius 2 is 1.78 bits per heavy atom. The summed E-state index contributed by atoms with van der Waals surface area (Å²) >= 11 is 0. The van der Waals surface area contributed by atoms with Crippen LogP contribution in [0.1, 0.15) is 43.8 Å². The highest BCUT2D eigenvalue weighted by Gasteiger charge is 2.28. The van der Waals surface area contributed by atoms with E-state index in [2.05, 4.69) is 58.4 Å². The van der Waals surface area contributed by atoms with Crippen LogP contribution in [0.3, 0.4) is 0 Å². The van der Waals surface area contributed by atoms with Crippen LogP contribution in [-0.4, -0.2) is 45.0 Å². The number of ether oxygens (including phenoxy) is 1. The number of hydrogen-bond acceptors (Lipinski definition) is 6. The van der Waals surface area contributed by atoms with Gasteiger partial charge in [0.2, 0.25) is 5.91 Å². The van der Waals surface area contributed by atoms with Gasteiger partial charge in [-0.3, -0.25) is 9.20 Å². The summed E-state index contributed by atoms with van der Waals surface area (Å²) in [7, 11) is 0. The molecule has 41 heavy (non-hydrogen) atoms. The van der Waals surface area contributed by atoms with E-state index in [-0.39, 0.29) is 11.8 Å². The summed E-state index contributed by atoms with van der Waals surface area (Å²) in [6, 6.07) is 20.6. The fraction of sp³-hybridized carbons (Fsp3) is 0.333. The highest BCUT2D eigenvalue weighted by molar-refractivity contribution is 5.86. The molecule has 2 aliphatic rings. The van der Waals surface area contributed by atoms with Crippen molar-refractivity contribution in [3.8, 4) is 22.5 Å². The monoisotopic (exact) mass is 546 g/mol. The van der Waals surface area contributed by atoms with E-state index in [1.165, 1.54) is 0 Å². The van der Waals surface area contributed by atoms with Crippen molar-refractivity contribution in [1.29, 1.82) is 0 Å². The summed E-state index contributed by atoms with van der Waals surface area (Å²) in [6.45, 7) is 1.99. The lowest BCUT2D eigenvalue weighted by Crippen LogP contribution is -2.35. The maximum Gasteiger partial charge on any atom is 0.225 e. The number of nitrogens with one attached hydrogen (secondary N) is 1. The van der Waals surface area contributed by atoms with Crippen LogP contribution in [0.25, 0.3) is 38.9 Å². The maximum absolute atomic E-state index is 12.4. The van der Waals surface area contributed by atoms with Crippen molar-refractivity contribution >= 4 is 28.1 Å². The molecule has 2 fully saturated rings. The van der Waals surface area contributed by atoms with E-state index in [1.807, 2.05) is 24.4 Å². The second kappa shape index (κ2) is 10.9. The van der Waals surface area contributed by atoms with Crippen LogP contribution in [0, 0.1) is 11.8 Å². The Morgan fingerprint density at radius 3 is 2.59 bits per heavy atom. The molecule has 1 unspecified atom stereocenters. The molecule has 0 radical (unpaired) electrons. The number of aromatic nitrogens is 4. The number of rotatable bonds is 6. The van der Waals surface area contributed by atoms with Gasteiger partial charge < -0.3 is 15.8 Å². The molecule has 7 rings (SSSR count). The summed E-state index contributed by atoms with van der Waals surface area (Å²) in [6.07, 6.45) is 8.93. The molecule has 1 aliphatic heterocycles. The third-order valence-electron chi connectivity index (χ3n) is 8.71. The first-order valence-electron chi connectivity index (χ1n) is 14.6. The van der Waals surface area contributed by atoms with Crippen LogP contribution < -0.4 is 11.1 Å². The molecule has 3 N–H and O–H groups in total. The summed E-state index contributed by atoms with van der Waals surface area (Å²) in [5, 5.41) is 4.24. The third-order valence-corrected chi connectivity index (χ3v) is 8.71. The molecular formula is C33H34N6O2. The van der Waals surface area contributed by atoms with Crippen LogP contribution >= 0.6 is 0 Å². The molecule has 0 bridgehead atoms. The Hall–Kier alpha value is -4.30. The lowest BCUT2D eigenvalue weighted by Gasteiger charge is -2.28. The highest BCUT2D eigenvalue weighted by atomic mass is 16.5. The summed E-state index contributed by atoms with van der Waals surface area (Å²) < 4.78 is 7.49. The van der Waals surface area contributed by atoms with Crippen molar-refractivity contribution in [2.45, 2.75) is 38.0 Å². The van der Waals surface area contributed by atoms with Gasteiger partial charge in [-0.2, -0.15) is 0 Å². The van der Waals surface area contributed by atoms with Gasteiger partial charge >= 0.3 is 0 Å². The molecule has 1 atom stereocenters. The zero-order valence-corrected chi connectivity index (χ0v) is 23.0. The SMILES string of the molecule is Nc1nc(-c2ccc3ccc(-c4ccccc4)nc3c2)cn2c1cnc2[C@H]1CC[C@H](CNC(=O)C2CCOC2)CC1. The molecule has 1 saturated heterocycles. The van der Waals surface area contributed by atoms with Gasteiger partial charge in [0, 0.05) is 41.8 Å². The number of fused-ring (bicyclic) bond motifs is 2. The predicted octanol–water partition coefficient (Wildman–Crippen LogP) is 5.62. The molecule has 2 aromatic carbocycles. The van der Waals surface area contributed by atoms with Crippen molar-refractivity contribution in [3.63, 3.8) is 0 Å².